The molecule has 0 amide bonds. The van der Waals surface area contributed by atoms with Crippen LogP contribution >= 0.6 is 15.6 Å². The third kappa shape index (κ3) is 76.4. The minimum Gasteiger partial charge on any atom is -0.462 e. The molecule has 0 aromatic heterocycles. The number of rotatable bonds is 73. The van der Waals surface area contributed by atoms with Gasteiger partial charge in [0.05, 0.1) is 32.8 Å². The van der Waals surface area contributed by atoms with Crippen LogP contribution in [0.5, 0.6) is 0 Å². The number of hydrogen-bond acceptors (Lipinski definition) is 15. The molecule has 0 aromatic carbocycles. The summed E-state index contributed by atoms with van der Waals surface area (Å²) in [7, 11) is -10.0. The molecule has 106 heavy (non-hydrogen) atoms. The average Bonchev–Trinajstić information content (AvgIpc) is 0.901. The number of carbonyl (C=O) groups is 4. The molecule has 0 bridgehead atoms. The Morgan fingerprint density at radius 1 is 0.283 bits per heavy atom. The fourth-order valence-electron chi connectivity index (χ4n) is 9.84. The number of aliphatic hydroxyl groups excluding tert-OH is 1. The quantitative estimate of drug-likeness (QED) is 0.0169. The molecule has 0 spiro atoms. The highest BCUT2D eigenvalue weighted by Crippen LogP contribution is 2.45. The largest absolute Gasteiger partial charge is 0.472 e. The smallest absolute Gasteiger partial charge is 0.462 e. The summed E-state index contributed by atoms with van der Waals surface area (Å²) >= 11 is 0. The Hall–Kier alpha value is -5.84. The van der Waals surface area contributed by atoms with Crippen molar-refractivity contribution in [2.45, 2.75) is 303 Å². The monoisotopic (exact) mass is 1520 g/mol. The van der Waals surface area contributed by atoms with E-state index in [2.05, 4.69) is 186 Å². The van der Waals surface area contributed by atoms with E-state index in [9.17, 15) is 43.2 Å². The van der Waals surface area contributed by atoms with Gasteiger partial charge < -0.3 is 33.8 Å². The molecule has 5 atom stereocenters. The lowest BCUT2D eigenvalue weighted by Gasteiger charge is -2.21. The Labute approximate surface area is 641 Å². The van der Waals surface area contributed by atoms with Gasteiger partial charge in [-0.05, 0) is 161 Å². The maximum atomic E-state index is 13.1. The number of phosphoric acid groups is 2. The van der Waals surface area contributed by atoms with E-state index in [1.54, 1.807) is 12.2 Å². The molecule has 0 aliphatic heterocycles. The van der Waals surface area contributed by atoms with Crippen LogP contribution in [0.4, 0.5) is 0 Å². The van der Waals surface area contributed by atoms with E-state index in [4.69, 9.17) is 37.0 Å². The van der Waals surface area contributed by atoms with Crippen molar-refractivity contribution in [3.63, 3.8) is 0 Å². The van der Waals surface area contributed by atoms with Crippen molar-refractivity contribution in [3.8, 4) is 0 Å². The molecule has 3 N–H and O–H groups in total. The van der Waals surface area contributed by atoms with E-state index in [0.717, 1.165) is 186 Å². The number of ether oxygens (including phenoxy) is 4. The molecule has 5 unspecified atom stereocenters. The zero-order valence-corrected chi connectivity index (χ0v) is 67.3. The SMILES string of the molecule is CC/C=C\C/C=C\C/C=C\C/C=C\C/C=C\CCCCCC(=O)OCC(COP(=O)(O)OCC(O)COP(=O)(O)OCC(COC(=O)CCCCCCCC/C=C\C/C=C\C/C=C\CCCCC)OC(=O)C/C=C\C/C=C\C/C=C\C/C=C\C/C=C\CC)OC(=O)CCCCCCC/C=C\C/C=C\CCC. The fraction of sp³-hybridized carbons (Fsp3) is 0.609. The maximum absolute atomic E-state index is 13.1. The molecule has 0 aliphatic carbocycles. The fourth-order valence-corrected chi connectivity index (χ4v) is 11.4. The van der Waals surface area contributed by atoms with E-state index in [-0.39, 0.29) is 25.7 Å². The Morgan fingerprint density at radius 3 is 0.887 bits per heavy atom. The first kappa shape index (κ1) is 100. The van der Waals surface area contributed by atoms with E-state index in [1.807, 2.05) is 12.2 Å². The van der Waals surface area contributed by atoms with Gasteiger partial charge in [0.15, 0.2) is 12.2 Å². The number of unbranched alkanes of at least 4 members (excludes halogenated alkanes) is 18. The van der Waals surface area contributed by atoms with Gasteiger partial charge in [0.2, 0.25) is 0 Å². The number of hydrogen-bond donors (Lipinski definition) is 3. The normalized spacial score (nSPS) is 14.8. The topological polar surface area (TPSA) is 237 Å². The van der Waals surface area contributed by atoms with Gasteiger partial charge in [-0.15, -0.1) is 0 Å². The summed E-state index contributed by atoms with van der Waals surface area (Å²) in [6, 6.07) is 0. The van der Waals surface area contributed by atoms with Gasteiger partial charge in [-0.25, -0.2) is 9.13 Å². The molecule has 17 nitrogen and oxygen atoms in total. The van der Waals surface area contributed by atoms with Crippen molar-refractivity contribution < 1.29 is 80.2 Å². The first-order valence-corrected chi connectivity index (χ1v) is 43.0. The number of allylic oxidation sites excluding steroid dienone is 29. The zero-order valence-electron chi connectivity index (χ0n) is 65.5. The maximum Gasteiger partial charge on any atom is 0.472 e. The summed E-state index contributed by atoms with van der Waals surface area (Å²) in [6.07, 6.45) is 93.3. The second-order valence-electron chi connectivity index (χ2n) is 25.9. The Bertz CT molecular complexity index is 2730. The predicted octanol–water partition coefficient (Wildman–Crippen LogP) is 23.6. The first-order valence-electron chi connectivity index (χ1n) is 40.0. The molecular weight excluding hydrogens is 1380 g/mol. The molecule has 0 aliphatic rings. The van der Waals surface area contributed by atoms with Crippen molar-refractivity contribution in [2.24, 2.45) is 0 Å². The van der Waals surface area contributed by atoms with E-state index in [0.29, 0.717) is 25.7 Å². The molecule has 19 heteroatoms. The minimum atomic E-state index is -5.02. The highest BCUT2D eigenvalue weighted by atomic mass is 31.2. The van der Waals surface area contributed by atoms with Crippen molar-refractivity contribution in [1.29, 1.82) is 0 Å². The third-order valence-corrected chi connectivity index (χ3v) is 17.7. The molecule has 0 rings (SSSR count). The molecule has 0 saturated heterocycles. The van der Waals surface area contributed by atoms with Crippen molar-refractivity contribution >= 4 is 39.5 Å². The summed E-state index contributed by atoms with van der Waals surface area (Å²) < 4.78 is 68.4. The van der Waals surface area contributed by atoms with Gasteiger partial charge in [-0.3, -0.25) is 37.3 Å². The van der Waals surface area contributed by atoms with Gasteiger partial charge in [-0.1, -0.05) is 281 Å². The van der Waals surface area contributed by atoms with Gasteiger partial charge in [0.25, 0.3) is 0 Å². The summed E-state index contributed by atoms with van der Waals surface area (Å²) in [5.41, 5.74) is 0. The van der Waals surface area contributed by atoms with Crippen LogP contribution in [0.1, 0.15) is 285 Å². The summed E-state index contributed by atoms with van der Waals surface area (Å²) in [6.45, 7) is 4.35. The van der Waals surface area contributed by atoms with E-state index >= 15 is 0 Å². The first-order chi connectivity index (χ1) is 51.7. The van der Waals surface area contributed by atoms with Gasteiger partial charge in [0.1, 0.15) is 19.3 Å². The second kappa shape index (κ2) is 77.3. The minimum absolute atomic E-state index is 0.0614. The Kier molecular flexibility index (Phi) is 73.1. The van der Waals surface area contributed by atoms with Crippen LogP contribution in [-0.2, 0) is 65.4 Å². The summed E-state index contributed by atoms with van der Waals surface area (Å²) in [4.78, 5) is 73.0. The molecule has 0 saturated carbocycles. The Balaban J connectivity index is 5.47. The summed E-state index contributed by atoms with van der Waals surface area (Å²) in [5, 5.41) is 10.6. The zero-order chi connectivity index (χ0) is 77.4. The molecule has 600 valence electrons. The van der Waals surface area contributed by atoms with Gasteiger partial charge in [-0.2, -0.15) is 0 Å². The lowest BCUT2D eigenvalue weighted by Crippen LogP contribution is -2.30. The van der Waals surface area contributed by atoms with E-state index in [1.165, 1.54) is 19.3 Å². The van der Waals surface area contributed by atoms with Crippen LogP contribution in [0.3, 0.4) is 0 Å². The van der Waals surface area contributed by atoms with Crippen LogP contribution in [0.2, 0.25) is 0 Å². The highest BCUT2D eigenvalue weighted by molar-refractivity contribution is 7.47. The van der Waals surface area contributed by atoms with Crippen LogP contribution in [0.25, 0.3) is 0 Å². The molecule has 0 radical (unpaired) electrons. The van der Waals surface area contributed by atoms with Gasteiger partial charge >= 0.3 is 39.5 Å². The highest BCUT2D eigenvalue weighted by Gasteiger charge is 2.30. The number of carbonyl (C=O) groups excluding carboxylic acids is 4. The lowest BCUT2D eigenvalue weighted by atomic mass is 10.1. The van der Waals surface area contributed by atoms with Gasteiger partial charge in [0, 0.05) is 19.3 Å². The lowest BCUT2D eigenvalue weighted by molar-refractivity contribution is -0.161. The van der Waals surface area contributed by atoms with Crippen LogP contribution in [-0.4, -0.2) is 96.7 Å². The molecule has 0 aromatic rings. The summed E-state index contributed by atoms with van der Waals surface area (Å²) in [5.74, 6) is -2.41. The second-order valence-corrected chi connectivity index (χ2v) is 28.8. The molecule has 0 fully saturated rings. The van der Waals surface area contributed by atoms with Crippen LogP contribution in [0, 0.1) is 0 Å². The van der Waals surface area contributed by atoms with E-state index < -0.39 is 97.5 Å². The average molecular weight is 1520 g/mol. The van der Waals surface area contributed by atoms with Crippen molar-refractivity contribution in [1.82, 2.24) is 0 Å². The molecular formula is C87H140O17P2. The number of esters is 4. The third-order valence-electron chi connectivity index (χ3n) is 15.8. The standard InChI is InChI=1S/C87H140O17P2/c1-5-9-13-17-21-25-29-33-36-38-40-42-45-48-51-55-59-63-67-71-84(89)97-77-82(103-86(91)73-69-65-61-57-53-47-32-28-24-20-16-12-8-4)79-101-105(93,94)99-75-81(88)76-100-106(95,96)102-80-83(104-87(92)74-70-66-62-58-54-50-44-35-31-27-23-19-15-11-7-3)78-98-85(90)72-68-64-60-56-52-49-46-43-41-39-37-34-30-26-22-18-14-10-6-2/h9,11,13,15-16,20-23,25-28,32-37,40-44,48,51,54,58,66,70,81-83,88H,5-8,10,12,14,17-19,24,29-31,38-39,45-47,49-50,52-53,55-57,59-65,67-69,71-80H2,1-4H3,(H,93,94)(H,95,96)/b13-9-,15-11-,20-16-,25-21-,26-22-,27-23-,32-28-,36-33-,37-34-,42-40-,43-41-,44-35-,51-48-,58-54-,70-66-. The van der Waals surface area contributed by atoms with Crippen molar-refractivity contribution in [2.75, 3.05) is 39.6 Å². The van der Waals surface area contributed by atoms with Crippen molar-refractivity contribution in [3.05, 3.63) is 182 Å². The predicted molar refractivity (Wildman–Crippen MR) is 436 cm³/mol. The van der Waals surface area contributed by atoms with Crippen LogP contribution < -0.4 is 0 Å². The van der Waals surface area contributed by atoms with Crippen LogP contribution in [0.15, 0.2) is 182 Å². The molecule has 0 heterocycles. The number of phosphoric ester groups is 2. The number of aliphatic hydroxyl groups is 1. The Morgan fingerprint density at radius 2 is 0.547 bits per heavy atom.